The Morgan fingerprint density at radius 2 is 2.11 bits per heavy atom. The van der Waals surface area contributed by atoms with Crippen LogP contribution in [-0.2, 0) is 0 Å². The van der Waals surface area contributed by atoms with E-state index in [9.17, 15) is 0 Å². The van der Waals surface area contributed by atoms with E-state index in [1.165, 1.54) is 0 Å². The summed E-state index contributed by atoms with van der Waals surface area (Å²) in [4.78, 5) is 0. The van der Waals surface area contributed by atoms with Crippen molar-refractivity contribution < 1.29 is 20.4 Å². The fraction of sp³-hybridized carbons (Fsp3) is 1.00. The van der Waals surface area contributed by atoms with Crippen LogP contribution < -0.4 is 0 Å². The highest BCUT2D eigenvalue weighted by Gasteiger charge is 2.57. The summed E-state index contributed by atoms with van der Waals surface area (Å²) in [7, 11) is 0. The molecule has 4 heteroatoms. The van der Waals surface area contributed by atoms with Crippen LogP contribution in [0.1, 0.15) is 6.42 Å². The van der Waals surface area contributed by atoms with Gasteiger partial charge in [0.1, 0.15) is 11.7 Å². The number of hydrogen-bond acceptors (Lipinski definition) is 4. The van der Waals surface area contributed by atoms with Gasteiger partial charge < -0.3 is 20.4 Å². The van der Waals surface area contributed by atoms with E-state index in [0.29, 0.717) is 0 Å². The van der Waals surface area contributed by atoms with E-state index < -0.39 is 24.4 Å². The lowest BCUT2D eigenvalue weighted by Crippen LogP contribution is -2.34. The highest BCUT2D eigenvalue weighted by atomic mass is 16.4. The maximum atomic E-state index is 9.01. The highest BCUT2D eigenvalue weighted by molar-refractivity contribution is 5.08. The Balaban J connectivity index is 2.43. The summed E-state index contributed by atoms with van der Waals surface area (Å²) in [6, 6.07) is 0. The predicted molar refractivity (Wildman–Crippen MR) is 28.7 cm³/mol. The number of aliphatic hydroxyl groups excluding tert-OH is 3. The molecule has 0 aliphatic heterocycles. The quantitative estimate of drug-likeness (QED) is 0.346. The second kappa shape index (κ2) is 1.91. The fourth-order valence-corrected chi connectivity index (χ4v) is 0.767. The van der Waals surface area contributed by atoms with Crippen molar-refractivity contribution in [1.29, 1.82) is 0 Å². The Kier molecular flexibility index (Phi) is 1.48. The summed E-state index contributed by atoms with van der Waals surface area (Å²) in [5.74, 6) is 0. The van der Waals surface area contributed by atoms with E-state index in [1.54, 1.807) is 0 Å². The molecule has 0 aromatic heterocycles. The summed E-state index contributed by atoms with van der Waals surface area (Å²) < 4.78 is 0. The van der Waals surface area contributed by atoms with E-state index in [1.807, 2.05) is 0 Å². The Morgan fingerprint density at radius 3 is 2.22 bits per heavy atom. The summed E-state index contributed by atoms with van der Waals surface area (Å²) in [5, 5.41) is 34.7. The van der Waals surface area contributed by atoms with Crippen molar-refractivity contribution in [2.45, 2.75) is 24.2 Å². The molecule has 1 unspecified atom stereocenters. The van der Waals surface area contributed by atoms with Gasteiger partial charge in [-0.1, -0.05) is 0 Å². The zero-order chi connectivity index (χ0) is 7.07. The van der Waals surface area contributed by atoms with Crippen LogP contribution in [0, 0.1) is 0 Å². The van der Waals surface area contributed by atoms with Crippen LogP contribution in [0.15, 0.2) is 0 Å². The maximum Gasteiger partial charge on any atom is 0.121 e. The molecule has 3 atom stereocenters. The van der Waals surface area contributed by atoms with Crippen molar-refractivity contribution in [3.8, 4) is 0 Å². The minimum Gasteiger partial charge on any atom is -0.394 e. The van der Waals surface area contributed by atoms with Crippen LogP contribution in [-0.4, -0.2) is 44.8 Å². The van der Waals surface area contributed by atoms with Crippen molar-refractivity contribution >= 4 is 0 Å². The summed E-state index contributed by atoms with van der Waals surface area (Å²) in [6.45, 7) is -0.506. The zero-order valence-corrected chi connectivity index (χ0v) is 4.86. The first-order valence-corrected chi connectivity index (χ1v) is 2.80. The van der Waals surface area contributed by atoms with Gasteiger partial charge in [-0.2, -0.15) is 0 Å². The lowest BCUT2D eigenvalue weighted by molar-refractivity contribution is -0.0527. The minimum atomic E-state index is -1.42. The Morgan fingerprint density at radius 1 is 1.67 bits per heavy atom. The average molecular weight is 134 g/mol. The van der Waals surface area contributed by atoms with Crippen LogP contribution in [0.3, 0.4) is 0 Å². The van der Waals surface area contributed by atoms with Crippen molar-refractivity contribution in [3.63, 3.8) is 0 Å². The molecular formula is C5H10O4. The largest absolute Gasteiger partial charge is 0.394 e. The molecule has 9 heavy (non-hydrogen) atoms. The molecule has 1 aliphatic rings. The zero-order valence-electron chi connectivity index (χ0n) is 4.86. The molecule has 0 amide bonds. The van der Waals surface area contributed by atoms with Gasteiger partial charge in [-0.25, -0.2) is 0 Å². The van der Waals surface area contributed by atoms with Gasteiger partial charge in [0, 0.05) is 6.42 Å². The number of hydrogen-bond donors (Lipinski definition) is 4. The van der Waals surface area contributed by atoms with Crippen LogP contribution in [0.5, 0.6) is 0 Å². The van der Waals surface area contributed by atoms with Crippen molar-refractivity contribution in [1.82, 2.24) is 0 Å². The second-order valence-electron chi connectivity index (χ2n) is 2.41. The molecule has 0 spiro atoms. The lowest BCUT2D eigenvalue weighted by Gasteiger charge is -2.12. The topological polar surface area (TPSA) is 80.9 Å². The van der Waals surface area contributed by atoms with Crippen molar-refractivity contribution in [2.75, 3.05) is 6.61 Å². The van der Waals surface area contributed by atoms with Gasteiger partial charge in [0.2, 0.25) is 0 Å². The molecule has 0 aromatic rings. The van der Waals surface area contributed by atoms with E-state index in [0.717, 1.165) is 0 Å². The normalized spacial score (nSPS) is 44.7. The molecule has 1 aliphatic carbocycles. The Hall–Kier alpha value is -0.160. The smallest absolute Gasteiger partial charge is 0.121 e. The van der Waals surface area contributed by atoms with E-state index >= 15 is 0 Å². The SMILES string of the molecule is OC[C@@H](O)[C@]1(O)CC1O. The Bertz CT molecular complexity index is 116. The molecule has 54 valence electrons. The van der Waals surface area contributed by atoms with Crippen molar-refractivity contribution in [2.24, 2.45) is 0 Å². The number of rotatable bonds is 2. The summed E-state index contributed by atoms with van der Waals surface area (Å²) in [5.41, 5.74) is -1.42. The molecule has 4 N–H and O–H groups in total. The van der Waals surface area contributed by atoms with Crippen LogP contribution in [0.4, 0.5) is 0 Å². The van der Waals surface area contributed by atoms with Gasteiger partial charge in [0.05, 0.1) is 12.7 Å². The monoisotopic (exact) mass is 134 g/mol. The molecule has 0 heterocycles. The molecule has 0 bridgehead atoms. The minimum absolute atomic E-state index is 0.161. The summed E-state index contributed by atoms with van der Waals surface area (Å²) in [6.07, 6.45) is -1.90. The van der Waals surface area contributed by atoms with Crippen LogP contribution >= 0.6 is 0 Å². The predicted octanol–water partition coefficient (Wildman–Crippen LogP) is -2.16. The van der Waals surface area contributed by atoms with Gasteiger partial charge in [-0.3, -0.25) is 0 Å². The van der Waals surface area contributed by atoms with E-state index in [4.69, 9.17) is 20.4 Å². The molecule has 4 nitrogen and oxygen atoms in total. The van der Waals surface area contributed by atoms with Crippen molar-refractivity contribution in [3.05, 3.63) is 0 Å². The lowest BCUT2D eigenvalue weighted by atomic mass is 10.2. The van der Waals surface area contributed by atoms with Gasteiger partial charge in [-0.05, 0) is 0 Å². The molecule has 1 fully saturated rings. The second-order valence-corrected chi connectivity index (χ2v) is 2.41. The molecule has 0 radical (unpaired) electrons. The number of aliphatic hydroxyl groups is 4. The maximum absolute atomic E-state index is 9.01. The molecule has 0 aromatic carbocycles. The molecule has 1 saturated carbocycles. The first-order valence-electron chi connectivity index (χ1n) is 2.80. The first-order chi connectivity index (χ1) is 4.11. The van der Waals surface area contributed by atoms with Crippen LogP contribution in [0.25, 0.3) is 0 Å². The molecule has 1 rings (SSSR count). The van der Waals surface area contributed by atoms with Gasteiger partial charge in [0.15, 0.2) is 0 Å². The standard InChI is InChI=1S/C5H10O4/c6-2-4(8)5(9)1-3(5)7/h3-4,6-9H,1-2H2/t3?,4-,5+/m1/s1. The van der Waals surface area contributed by atoms with Gasteiger partial charge in [-0.15, -0.1) is 0 Å². The fourth-order valence-electron chi connectivity index (χ4n) is 0.767. The highest BCUT2D eigenvalue weighted by Crippen LogP contribution is 2.38. The molecular weight excluding hydrogens is 124 g/mol. The molecule has 0 saturated heterocycles. The first kappa shape index (κ1) is 6.95. The Labute approximate surface area is 52.4 Å². The van der Waals surface area contributed by atoms with Crippen LogP contribution in [0.2, 0.25) is 0 Å². The third-order valence-electron chi connectivity index (χ3n) is 1.69. The van der Waals surface area contributed by atoms with Gasteiger partial charge >= 0.3 is 0 Å². The van der Waals surface area contributed by atoms with E-state index in [2.05, 4.69) is 0 Å². The third kappa shape index (κ3) is 0.943. The van der Waals surface area contributed by atoms with E-state index in [-0.39, 0.29) is 6.42 Å². The van der Waals surface area contributed by atoms with Gasteiger partial charge in [0.25, 0.3) is 0 Å². The third-order valence-corrected chi connectivity index (χ3v) is 1.69. The average Bonchev–Trinajstić information content (AvgIpc) is 2.41. The summed E-state index contributed by atoms with van der Waals surface area (Å²) >= 11 is 0.